The first-order valence-electron chi connectivity index (χ1n) is 6.42. The molecule has 0 aliphatic rings. The molecule has 0 aliphatic carbocycles. The summed E-state index contributed by atoms with van der Waals surface area (Å²) in [5.41, 5.74) is 7.38. The number of aromatic nitrogens is 3. The summed E-state index contributed by atoms with van der Waals surface area (Å²) in [6, 6.07) is 8.22. The summed E-state index contributed by atoms with van der Waals surface area (Å²) < 4.78 is 15.2. The summed E-state index contributed by atoms with van der Waals surface area (Å²) >= 11 is 0. The Kier molecular flexibility index (Phi) is 3.13. The van der Waals surface area contributed by atoms with Crippen LogP contribution in [-0.2, 0) is 6.54 Å². The summed E-state index contributed by atoms with van der Waals surface area (Å²) in [5.74, 6) is -0.950. The van der Waals surface area contributed by atoms with Crippen molar-refractivity contribution < 1.29 is 9.18 Å². The van der Waals surface area contributed by atoms with Crippen molar-refractivity contribution in [3.8, 4) is 0 Å². The Morgan fingerprint density at radius 1 is 1.38 bits per heavy atom. The lowest BCUT2D eigenvalue weighted by Crippen LogP contribution is -2.13. The summed E-state index contributed by atoms with van der Waals surface area (Å²) in [6.45, 7) is 2.05. The van der Waals surface area contributed by atoms with Gasteiger partial charge >= 0.3 is 0 Å². The summed E-state index contributed by atoms with van der Waals surface area (Å²) in [5, 5.41) is 4.76. The second kappa shape index (κ2) is 4.97. The second-order valence-corrected chi connectivity index (χ2v) is 4.85. The lowest BCUT2D eigenvalue weighted by molar-refractivity contribution is 0.0996. The highest BCUT2D eigenvalue weighted by Crippen LogP contribution is 2.19. The van der Waals surface area contributed by atoms with Crippen molar-refractivity contribution in [1.82, 2.24) is 14.8 Å². The standard InChI is InChI=1S/C15H13FN4O/c1-9-6-11-13(14(17)21)19-20(15(11)18-7-9)8-10-4-2-3-5-12(10)16/h2-7H,8H2,1H3,(H2,17,21). The van der Waals surface area contributed by atoms with Gasteiger partial charge in [-0.3, -0.25) is 4.79 Å². The third-order valence-corrected chi connectivity index (χ3v) is 3.24. The van der Waals surface area contributed by atoms with Crippen molar-refractivity contribution in [2.45, 2.75) is 13.5 Å². The number of fused-ring (bicyclic) bond motifs is 1. The van der Waals surface area contributed by atoms with Gasteiger partial charge in [0.1, 0.15) is 5.82 Å². The predicted octanol–water partition coefficient (Wildman–Crippen LogP) is 2.03. The van der Waals surface area contributed by atoms with Gasteiger partial charge in [0.25, 0.3) is 5.91 Å². The first-order chi connectivity index (χ1) is 10.1. The van der Waals surface area contributed by atoms with Gasteiger partial charge in [0.05, 0.1) is 11.9 Å². The number of nitrogens with zero attached hydrogens (tertiary/aromatic N) is 3. The van der Waals surface area contributed by atoms with Gasteiger partial charge in [-0.05, 0) is 24.6 Å². The number of primary amides is 1. The largest absolute Gasteiger partial charge is 0.364 e. The molecule has 1 aromatic carbocycles. The Morgan fingerprint density at radius 2 is 2.14 bits per heavy atom. The molecule has 1 amide bonds. The van der Waals surface area contributed by atoms with Gasteiger partial charge in [0, 0.05) is 11.8 Å². The van der Waals surface area contributed by atoms with Gasteiger partial charge in [-0.15, -0.1) is 0 Å². The van der Waals surface area contributed by atoms with Gasteiger partial charge in [0.2, 0.25) is 0 Å². The zero-order valence-corrected chi connectivity index (χ0v) is 11.4. The SMILES string of the molecule is Cc1cnc2c(c1)c(C(N)=O)nn2Cc1ccccc1F. The molecule has 0 saturated heterocycles. The number of aryl methyl sites for hydroxylation is 1. The Balaban J connectivity index is 2.15. The molecular weight excluding hydrogens is 271 g/mol. The molecule has 0 radical (unpaired) electrons. The van der Waals surface area contributed by atoms with E-state index in [1.165, 1.54) is 10.7 Å². The molecule has 2 aromatic heterocycles. The zero-order valence-electron chi connectivity index (χ0n) is 11.4. The van der Waals surface area contributed by atoms with E-state index in [-0.39, 0.29) is 18.1 Å². The van der Waals surface area contributed by atoms with Gasteiger partial charge < -0.3 is 5.73 Å². The third-order valence-electron chi connectivity index (χ3n) is 3.24. The molecule has 0 bridgehead atoms. The number of pyridine rings is 1. The van der Waals surface area contributed by atoms with Crippen molar-refractivity contribution in [2.24, 2.45) is 5.73 Å². The Bertz CT molecular complexity index is 841. The topological polar surface area (TPSA) is 73.8 Å². The second-order valence-electron chi connectivity index (χ2n) is 4.85. The van der Waals surface area contributed by atoms with E-state index >= 15 is 0 Å². The van der Waals surface area contributed by atoms with E-state index in [9.17, 15) is 9.18 Å². The van der Waals surface area contributed by atoms with Gasteiger partial charge in [-0.2, -0.15) is 5.10 Å². The molecule has 3 rings (SSSR count). The van der Waals surface area contributed by atoms with Crippen molar-refractivity contribution in [1.29, 1.82) is 0 Å². The molecule has 21 heavy (non-hydrogen) atoms. The molecule has 3 aromatic rings. The molecule has 0 saturated carbocycles. The first-order valence-corrected chi connectivity index (χ1v) is 6.42. The zero-order chi connectivity index (χ0) is 15.0. The van der Waals surface area contributed by atoms with E-state index in [2.05, 4.69) is 10.1 Å². The monoisotopic (exact) mass is 284 g/mol. The number of benzene rings is 1. The molecule has 0 atom stereocenters. The Morgan fingerprint density at radius 3 is 2.86 bits per heavy atom. The number of halogens is 1. The van der Waals surface area contributed by atoms with E-state index < -0.39 is 5.91 Å². The van der Waals surface area contributed by atoms with E-state index in [0.717, 1.165) is 5.56 Å². The van der Waals surface area contributed by atoms with Gasteiger partial charge in [0.15, 0.2) is 11.3 Å². The maximum Gasteiger partial charge on any atom is 0.269 e. The normalized spacial score (nSPS) is 11.0. The minimum absolute atomic E-state index is 0.150. The van der Waals surface area contributed by atoms with Crippen molar-refractivity contribution in [2.75, 3.05) is 0 Å². The van der Waals surface area contributed by atoms with Crippen LogP contribution in [0.25, 0.3) is 11.0 Å². The number of carbonyl (C=O) groups excluding carboxylic acids is 1. The van der Waals surface area contributed by atoms with Crippen LogP contribution in [-0.4, -0.2) is 20.7 Å². The van der Waals surface area contributed by atoms with Crippen molar-refractivity contribution >= 4 is 16.9 Å². The number of nitrogens with two attached hydrogens (primary N) is 1. The average Bonchev–Trinajstić information content (AvgIpc) is 2.79. The van der Waals surface area contributed by atoms with E-state index in [1.54, 1.807) is 30.5 Å². The minimum atomic E-state index is -0.625. The van der Waals surface area contributed by atoms with Crippen molar-refractivity contribution in [3.63, 3.8) is 0 Å². The smallest absolute Gasteiger partial charge is 0.269 e. The number of hydrogen-bond acceptors (Lipinski definition) is 3. The highest BCUT2D eigenvalue weighted by Gasteiger charge is 2.16. The lowest BCUT2D eigenvalue weighted by atomic mass is 10.2. The molecular formula is C15H13FN4O. The maximum atomic E-state index is 13.8. The Hall–Kier alpha value is -2.76. The number of rotatable bonds is 3. The molecule has 0 unspecified atom stereocenters. The quantitative estimate of drug-likeness (QED) is 0.799. The van der Waals surface area contributed by atoms with E-state index in [4.69, 9.17) is 5.73 Å². The van der Waals surface area contributed by atoms with Crippen LogP contribution < -0.4 is 5.73 Å². The fourth-order valence-electron chi connectivity index (χ4n) is 2.24. The molecule has 0 aliphatic heterocycles. The number of amides is 1. The van der Waals surface area contributed by atoms with Crippen LogP contribution in [0.5, 0.6) is 0 Å². The molecule has 5 nitrogen and oxygen atoms in total. The summed E-state index contributed by atoms with van der Waals surface area (Å²) in [6.07, 6.45) is 1.67. The minimum Gasteiger partial charge on any atom is -0.364 e. The maximum absolute atomic E-state index is 13.8. The van der Waals surface area contributed by atoms with Crippen LogP contribution in [0.15, 0.2) is 36.5 Å². The molecule has 2 heterocycles. The van der Waals surface area contributed by atoms with Crippen LogP contribution in [0.2, 0.25) is 0 Å². The molecule has 2 N–H and O–H groups in total. The number of hydrogen-bond donors (Lipinski definition) is 1. The third kappa shape index (κ3) is 2.35. The molecule has 6 heteroatoms. The summed E-state index contributed by atoms with van der Waals surface area (Å²) in [7, 11) is 0. The Labute approximate surface area is 120 Å². The molecule has 0 fully saturated rings. The highest BCUT2D eigenvalue weighted by atomic mass is 19.1. The van der Waals surface area contributed by atoms with Crippen LogP contribution >= 0.6 is 0 Å². The summed E-state index contributed by atoms with van der Waals surface area (Å²) in [4.78, 5) is 15.8. The fraction of sp³-hybridized carbons (Fsp3) is 0.133. The van der Waals surface area contributed by atoms with Crippen LogP contribution in [0.3, 0.4) is 0 Å². The number of carbonyl (C=O) groups is 1. The van der Waals surface area contributed by atoms with Crippen LogP contribution in [0, 0.1) is 12.7 Å². The van der Waals surface area contributed by atoms with E-state index in [0.29, 0.717) is 16.6 Å². The average molecular weight is 284 g/mol. The fourth-order valence-corrected chi connectivity index (χ4v) is 2.24. The van der Waals surface area contributed by atoms with E-state index in [1.807, 2.05) is 6.92 Å². The van der Waals surface area contributed by atoms with Crippen LogP contribution in [0.4, 0.5) is 4.39 Å². The lowest BCUT2D eigenvalue weighted by Gasteiger charge is -2.04. The van der Waals surface area contributed by atoms with Gasteiger partial charge in [-0.1, -0.05) is 18.2 Å². The predicted molar refractivity (Wildman–Crippen MR) is 76.3 cm³/mol. The van der Waals surface area contributed by atoms with Crippen molar-refractivity contribution in [3.05, 3.63) is 59.2 Å². The first kappa shape index (κ1) is 13.2. The molecule has 106 valence electrons. The molecule has 0 spiro atoms. The highest BCUT2D eigenvalue weighted by molar-refractivity contribution is 6.03. The van der Waals surface area contributed by atoms with Crippen LogP contribution in [0.1, 0.15) is 21.6 Å². The van der Waals surface area contributed by atoms with Gasteiger partial charge in [-0.25, -0.2) is 14.1 Å².